The van der Waals surface area contributed by atoms with Gasteiger partial charge in [0.1, 0.15) is 0 Å². The predicted molar refractivity (Wildman–Crippen MR) is 68.1 cm³/mol. The maximum atomic E-state index is 12.4. The fourth-order valence-electron chi connectivity index (χ4n) is 2.31. The highest BCUT2D eigenvalue weighted by atomic mass is 32.2. The summed E-state index contributed by atoms with van der Waals surface area (Å²) < 4.78 is 26.4. The molecule has 1 saturated heterocycles. The number of rotatable bonds is 3. The Morgan fingerprint density at radius 1 is 1.35 bits per heavy atom. The van der Waals surface area contributed by atoms with Gasteiger partial charge in [-0.15, -0.1) is 0 Å². The molecule has 0 bridgehead atoms. The van der Waals surface area contributed by atoms with E-state index < -0.39 is 10.0 Å². The first-order valence-electron chi connectivity index (χ1n) is 5.93. The minimum atomic E-state index is -3.34. The molecular formula is C12H18N2O2S. The fourth-order valence-corrected chi connectivity index (χ4v) is 4.08. The zero-order chi connectivity index (χ0) is 12.5. The van der Waals surface area contributed by atoms with E-state index in [1.807, 2.05) is 6.92 Å². The van der Waals surface area contributed by atoms with E-state index in [4.69, 9.17) is 5.73 Å². The number of anilines is 1. The molecule has 1 aliphatic rings. The Kier molecular flexibility index (Phi) is 3.40. The molecule has 1 aliphatic heterocycles. The van der Waals surface area contributed by atoms with Crippen molar-refractivity contribution in [3.63, 3.8) is 0 Å². The van der Waals surface area contributed by atoms with Crippen molar-refractivity contribution < 1.29 is 8.42 Å². The number of nitrogens with two attached hydrogens (primary N) is 1. The van der Waals surface area contributed by atoms with Crippen LogP contribution >= 0.6 is 0 Å². The molecular weight excluding hydrogens is 236 g/mol. The molecule has 0 aliphatic carbocycles. The van der Waals surface area contributed by atoms with E-state index in [1.165, 1.54) is 0 Å². The standard InChI is InChI=1S/C12H18N2O2S/c1-2-11-4-3-9-14(11)17(15,16)12-7-5-10(13)6-8-12/h5-8,11H,2-4,9,13H2,1H3/t11-/m0/s1. The van der Waals surface area contributed by atoms with Crippen LogP contribution < -0.4 is 5.73 Å². The minimum absolute atomic E-state index is 0.151. The van der Waals surface area contributed by atoms with E-state index in [-0.39, 0.29) is 6.04 Å². The summed E-state index contributed by atoms with van der Waals surface area (Å²) in [5.41, 5.74) is 6.15. The molecule has 1 aromatic rings. The second-order valence-electron chi connectivity index (χ2n) is 4.39. The molecule has 1 fully saturated rings. The van der Waals surface area contributed by atoms with Crippen LogP contribution in [0.15, 0.2) is 29.2 Å². The highest BCUT2D eigenvalue weighted by Crippen LogP contribution is 2.27. The largest absolute Gasteiger partial charge is 0.399 e. The Labute approximate surface area is 102 Å². The predicted octanol–water partition coefficient (Wildman–Crippen LogP) is 1.83. The first-order valence-corrected chi connectivity index (χ1v) is 7.37. The molecule has 94 valence electrons. The second-order valence-corrected chi connectivity index (χ2v) is 6.28. The van der Waals surface area contributed by atoms with Crippen molar-refractivity contribution >= 4 is 15.7 Å². The molecule has 0 aromatic heterocycles. The molecule has 1 atom stereocenters. The summed E-state index contributed by atoms with van der Waals surface area (Å²) in [5.74, 6) is 0. The summed E-state index contributed by atoms with van der Waals surface area (Å²) in [6, 6.07) is 6.57. The van der Waals surface area contributed by atoms with E-state index in [9.17, 15) is 8.42 Å². The number of nitrogens with zero attached hydrogens (tertiary/aromatic N) is 1. The van der Waals surface area contributed by atoms with Crippen molar-refractivity contribution in [2.45, 2.75) is 37.1 Å². The van der Waals surface area contributed by atoms with Crippen LogP contribution in [0.1, 0.15) is 26.2 Å². The van der Waals surface area contributed by atoms with Crippen molar-refractivity contribution in [3.05, 3.63) is 24.3 Å². The number of sulfonamides is 1. The maximum Gasteiger partial charge on any atom is 0.243 e. The zero-order valence-corrected chi connectivity index (χ0v) is 10.8. The molecule has 2 rings (SSSR count). The van der Waals surface area contributed by atoms with Gasteiger partial charge in [-0.1, -0.05) is 6.92 Å². The van der Waals surface area contributed by atoms with Crippen molar-refractivity contribution in [2.24, 2.45) is 0 Å². The summed E-state index contributed by atoms with van der Waals surface area (Å²) in [5, 5.41) is 0. The normalized spacial score (nSPS) is 21.8. The van der Waals surface area contributed by atoms with Gasteiger partial charge in [-0.05, 0) is 43.5 Å². The van der Waals surface area contributed by atoms with Crippen LogP contribution in [0.2, 0.25) is 0 Å². The van der Waals surface area contributed by atoms with Crippen LogP contribution in [0.5, 0.6) is 0 Å². The lowest BCUT2D eigenvalue weighted by molar-refractivity contribution is 0.379. The number of hydrogen-bond donors (Lipinski definition) is 1. The highest BCUT2D eigenvalue weighted by Gasteiger charge is 2.33. The van der Waals surface area contributed by atoms with Crippen LogP contribution in [-0.4, -0.2) is 25.3 Å². The summed E-state index contributed by atoms with van der Waals surface area (Å²) in [6.07, 6.45) is 2.78. The summed E-state index contributed by atoms with van der Waals surface area (Å²) in [6.45, 7) is 2.66. The second kappa shape index (κ2) is 4.66. The van der Waals surface area contributed by atoms with Crippen LogP contribution in [0.25, 0.3) is 0 Å². The molecule has 0 saturated carbocycles. The van der Waals surface area contributed by atoms with Crippen LogP contribution in [0.4, 0.5) is 5.69 Å². The summed E-state index contributed by atoms with van der Waals surface area (Å²) in [4.78, 5) is 0.340. The van der Waals surface area contributed by atoms with Gasteiger partial charge in [0, 0.05) is 18.3 Å². The zero-order valence-electron chi connectivity index (χ0n) is 9.96. The third-order valence-electron chi connectivity index (χ3n) is 3.28. The third-order valence-corrected chi connectivity index (χ3v) is 5.25. The molecule has 2 N–H and O–H groups in total. The summed E-state index contributed by atoms with van der Waals surface area (Å²) >= 11 is 0. The van der Waals surface area contributed by atoms with Gasteiger partial charge in [0.15, 0.2) is 0 Å². The number of benzene rings is 1. The topological polar surface area (TPSA) is 63.4 Å². The molecule has 0 unspecified atom stereocenters. The lowest BCUT2D eigenvalue weighted by atomic mass is 10.2. The van der Waals surface area contributed by atoms with Crippen molar-refractivity contribution in [1.29, 1.82) is 0 Å². The van der Waals surface area contributed by atoms with Gasteiger partial charge in [0.2, 0.25) is 10.0 Å². The average molecular weight is 254 g/mol. The molecule has 17 heavy (non-hydrogen) atoms. The van der Waals surface area contributed by atoms with E-state index >= 15 is 0 Å². The van der Waals surface area contributed by atoms with Gasteiger partial charge in [-0.25, -0.2) is 8.42 Å². The van der Waals surface area contributed by atoms with Crippen molar-refractivity contribution in [3.8, 4) is 0 Å². The highest BCUT2D eigenvalue weighted by molar-refractivity contribution is 7.89. The Hall–Kier alpha value is -1.07. The lowest BCUT2D eigenvalue weighted by Crippen LogP contribution is -2.35. The third kappa shape index (κ3) is 2.30. The van der Waals surface area contributed by atoms with Gasteiger partial charge in [-0.2, -0.15) is 4.31 Å². The number of nitrogen functional groups attached to an aromatic ring is 1. The molecule has 0 radical (unpaired) electrons. The number of hydrogen-bond acceptors (Lipinski definition) is 3. The van der Waals surface area contributed by atoms with Crippen LogP contribution in [0, 0.1) is 0 Å². The molecule has 1 heterocycles. The molecule has 5 heteroatoms. The Bertz CT molecular complexity index is 482. The van der Waals surface area contributed by atoms with Crippen LogP contribution in [-0.2, 0) is 10.0 Å². The van der Waals surface area contributed by atoms with Gasteiger partial charge in [0.05, 0.1) is 4.90 Å². The fraction of sp³-hybridized carbons (Fsp3) is 0.500. The smallest absolute Gasteiger partial charge is 0.243 e. The first-order chi connectivity index (χ1) is 8.05. The molecule has 0 spiro atoms. The maximum absolute atomic E-state index is 12.4. The quantitative estimate of drug-likeness (QED) is 0.837. The van der Waals surface area contributed by atoms with Crippen LogP contribution in [0.3, 0.4) is 0 Å². The van der Waals surface area contributed by atoms with Crippen molar-refractivity contribution in [2.75, 3.05) is 12.3 Å². The molecule has 0 amide bonds. The first kappa shape index (κ1) is 12.4. The molecule has 4 nitrogen and oxygen atoms in total. The van der Waals surface area contributed by atoms with E-state index in [2.05, 4.69) is 0 Å². The minimum Gasteiger partial charge on any atom is -0.399 e. The van der Waals surface area contributed by atoms with Gasteiger partial charge in [0.25, 0.3) is 0 Å². The Balaban J connectivity index is 2.33. The van der Waals surface area contributed by atoms with E-state index in [0.29, 0.717) is 17.1 Å². The van der Waals surface area contributed by atoms with E-state index in [0.717, 1.165) is 19.3 Å². The van der Waals surface area contributed by atoms with E-state index in [1.54, 1.807) is 28.6 Å². The van der Waals surface area contributed by atoms with Gasteiger partial charge in [-0.3, -0.25) is 0 Å². The Morgan fingerprint density at radius 3 is 2.59 bits per heavy atom. The Morgan fingerprint density at radius 2 is 2.00 bits per heavy atom. The van der Waals surface area contributed by atoms with Crippen molar-refractivity contribution in [1.82, 2.24) is 4.31 Å². The summed E-state index contributed by atoms with van der Waals surface area (Å²) in [7, 11) is -3.34. The van der Waals surface area contributed by atoms with Gasteiger partial charge >= 0.3 is 0 Å². The molecule has 1 aromatic carbocycles. The van der Waals surface area contributed by atoms with Gasteiger partial charge < -0.3 is 5.73 Å². The lowest BCUT2D eigenvalue weighted by Gasteiger charge is -2.22. The average Bonchev–Trinajstić information content (AvgIpc) is 2.78. The SMILES string of the molecule is CC[C@H]1CCCN1S(=O)(=O)c1ccc(N)cc1. The monoisotopic (exact) mass is 254 g/mol.